The second kappa shape index (κ2) is 5.38. The number of benzene rings is 1. The third kappa shape index (κ3) is 4.08. The molecule has 102 valence electrons. The predicted molar refractivity (Wildman–Crippen MR) is 74.6 cm³/mol. The molecule has 0 saturated carbocycles. The summed E-state index contributed by atoms with van der Waals surface area (Å²) in [7, 11) is -0.342. The Morgan fingerprint density at radius 3 is 2.00 bits per heavy atom. The molecule has 1 aromatic rings. The van der Waals surface area contributed by atoms with E-state index in [2.05, 4.69) is 25.5 Å². The molecule has 0 radical (unpaired) electrons. The van der Waals surface area contributed by atoms with Gasteiger partial charge in [0.25, 0.3) is 10.2 Å². The Labute approximate surface area is 110 Å². The van der Waals surface area contributed by atoms with Crippen LogP contribution in [0.5, 0.6) is 0 Å². The first kappa shape index (κ1) is 15.1. The van der Waals surface area contributed by atoms with Gasteiger partial charge < -0.3 is 0 Å². The van der Waals surface area contributed by atoms with Crippen molar-refractivity contribution in [3.63, 3.8) is 0 Å². The van der Waals surface area contributed by atoms with E-state index < -0.39 is 10.2 Å². The van der Waals surface area contributed by atoms with Crippen molar-refractivity contribution in [2.45, 2.75) is 32.7 Å². The van der Waals surface area contributed by atoms with Gasteiger partial charge in [-0.2, -0.15) is 17.4 Å². The van der Waals surface area contributed by atoms with Crippen molar-refractivity contribution in [1.29, 1.82) is 0 Å². The molecule has 0 spiro atoms. The SMILES string of the molecule is CN(C)S(=O)(=O)NCc1ccc(C(C)(C)C)cc1. The quantitative estimate of drug-likeness (QED) is 0.908. The van der Waals surface area contributed by atoms with E-state index in [1.807, 2.05) is 24.3 Å². The molecule has 0 fully saturated rings. The van der Waals surface area contributed by atoms with E-state index >= 15 is 0 Å². The molecule has 0 aliphatic carbocycles. The summed E-state index contributed by atoms with van der Waals surface area (Å²) >= 11 is 0. The van der Waals surface area contributed by atoms with Crippen LogP contribution < -0.4 is 4.72 Å². The third-order valence-corrected chi connectivity index (χ3v) is 4.23. The summed E-state index contributed by atoms with van der Waals surface area (Å²) in [5.74, 6) is 0. The van der Waals surface area contributed by atoms with E-state index in [1.54, 1.807) is 0 Å². The fourth-order valence-corrected chi connectivity index (χ4v) is 2.03. The van der Waals surface area contributed by atoms with Crippen LogP contribution in [-0.2, 0) is 22.2 Å². The van der Waals surface area contributed by atoms with Gasteiger partial charge >= 0.3 is 0 Å². The minimum absolute atomic E-state index is 0.113. The average Bonchev–Trinajstić information content (AvgIpc) is 2.25. The lowest BCUT2D eigenvalue weighted by atomic mass is 9.87. The van der Waals surface area contributed by atoms with Gasteiger partial charge in [-0.05, 0) is 16.5 Å². The largest absolute Gasteiger partial charge is 0.279 e. The smallest absolute Gasteiger partial charge is 0.198 e. The first-order valence-electron chi connectivity index (χ1n) is 5.89. The van der Waals surface area contributed by atoms with Crippen molar-refractivity contribution < 1.29 is 8.42 Å². The molecule has 1 aromatic carbocycles. The van der Waals surface area contributed by atoms with Crippen molar-refractivity contribution in [2.75, 3.05) is 14.1 Å². The van der Waals surface area contributed by atoms with Crippen LogP contribution in [0.15, 0.2) is 24.3 Å². The summed E-state index contributed by atoms with van der Waals surface area (Å²) in [6, 6.07) is 8.00. The summed E-state index contributed by atoms with van der Waals surface area (Å²) in [6.07, 6.45) is 0. The molecule has 1 N–H and O–H groups in total. The van der Waals surface area contributed by atoms with Crippen molar-refractivity contribution in [3.8, 4) is 0 Å². The first-order chi connectivity index (χ1) is 8.13. The molecule has 0 aliphatic rings. The lowest BCUT2D eigenvalue weighted by Crippen LogP contribution is -2.35. The monoisotopic (exact) mass is 270 g/mol. The number of nitrogens with zero attached hydrogens (tertiary/aromatic N) is 1. The molecule has 18 heavy (non-hydrogen) atoms. The van der Waals surface area contributed by atoms with Crippen LogP contribution in [0.4, 0.5) is 0 Å². The minimum atomic E-state index is -3.35. The molecule has 0 atom stereocenters. The molecule has 0 aromatic heterocycles. The van der Waals surface area contributed by atoms with Crippen LogP contribution >= 0.6 is 0 Å². The topological polar surface area (TPSA) is 49.4 Å². The van der Waals surface area contributed by atoms with Crippen LogP contribution in [0.2, 0.25) is 0 Å². The third-order valence-electron chi connectivity index (χ3n) is 2.76. The normalized spacial score (nSPS) is 13.0. The Balaban J connectivity index is 2.72. The van der Waals surface area contributed by atoms with Gasteiger partial charge in [0.05, 0.1) is 0 Å². The zero-order chi connectivity index (χ0) is 14.0. The Kier molecular flexibility index (Phi) is 4.53. The van der Waals surface area contributed by atoms with Gasteiger partial charge in [0, 0.05) is 20.6 Å². The van der Waals surface area contributed by atoms with Gasteiger partial charge in [-0.3, -0.25) is 0 Å². The molecular formula is C13H22N2O2S. The van der Waals surface area contributed by atoms with Crippen molar-refractivity contribution >= 4 is 10.2 Å². The van der Waals surface area contributed by atoms with Crippen molar-refractivity contribution in [1.82, 2.24) is 9.03 Å². The molecule has 4 nitrogen and oxygen atoms in total. The summed E-state index contributed by atoms with van der Waals surface area (Å²) in [4.78, 5) is 0. The van der Waals surface area contributed by atoms with Crippen LogP contribution in [0.1, 0.15) is 31.9 Å². The lowest BCUT2D eigenvalue weighted by molar-refractivity contribution is 0.505. The number of hydrogen-bond acceptors (Lipinski definition) is 2. The zero-order valence-corrected chi connectivity index (χ0v) is 12.5. The number of hydrogen-bond donors (Lipinski definition) is 1. The average molecular weight is 270 g/mol. The summed E-state index contributed by atoms with van der Waals surface area (Å²) in [5.41, 5.74) is 2.30. The Morgan fingerprint density at radius 1 is 1.11 bits per heavy atom. The van der Waals surface area contributed by atoms with E-state index in [0.29, 0.717) is 6.54 Å². The van der Waals surface area contributed by atoms with E-state index in [9.17, 15) is 8.42 Å². The van der Waals surface area contributed by atoms with Crippen LogP contribution in [-0.4, -0.2) is 26.8 Å². The molecule has 0 heterocycles. The summed E-state index contributed by atoms with van der Waals surface area (Å²) in [5, 5.41) is 0. The molecule has 0 amide bonds. The van der Waals surface area contributed by atoms with Crippen LogP contribution in [0, 0.1) is 0 Å². The molecular weight excluding hydrogens is 248 g/mol. The maximum Gasteiger partial charge on any atom is 0.279 e. The summed E-state index contributed by atoms with van der Waals surface area (Å²) < 4.78 is 26.8. The highest BCUT2D eigenvalue weighted by atomic mass is 32.2. The molecule has 0 aliphatic heterocycles. The van der Waals surface area contributed by atoms with Gasteiger partial charge in [0.15, 0.2) is 0 Å². The van der Waals surface area contributed by atoms with Gasteiger partial charge in [-0.25, -0.2) is 0 Å². The lowest BCUT2D eigenvalue weighted by Gasteiger charge is -2.19. The zero-order valence-electron chi connectivity index (χ0n) is 11.7. The Morgan fingerprint density at radius 2 is 1.61 bits per heavy atom. The second-order valence-electron chi connectivity index (χ2n) is 5.56. The van der Waals surface area contributed by atoms with E-state index in [1.165, 1.54) is 19.7 Å². The van der Waals surface area contributed by atoms with Crippen molar-refractivity contribution in [3.05, 3.63) is 35.4 Å². The maximum absolute atomic E-state index is 11.5. The van der Waals surface area contributed by atoms with Crippen molar-refractivity contribution in [2.24, 2.45) is 0 Å². The minimum Gasteiger partial charge on any atom is -0.198 e. The predicted octanol–water partition coefficient (Wildman–Crippen LogP) is 1.88. The molecule has 0 unspecified atom stereocenters. The summed E-state index contributed by atoms with van der Waals surface area (Å²) in [6.45, 7) is 6.76. The first-order valence-corrected chi connectivity index (χ1v) is 7.33. The fourth-order valence-electron chi connectivity index (χ4n) is 1.43. The van der Waals surface area contributed by atoms with Gasteiger partial charge in [-0.15, -0.1) is 0 Å². The second-order valence-corrected chi connectivity index (χ2v) is 7.52. The number of rotatable bonds is 4. The molecule has 1 rings (SSSR count). The highest BCUT2D eigenvalue weighted by molar-refractivity contribution is 7.87. The van der Waals surface area contributed by atoms with Crippen LogP contribution in [0.3, 0.4) is 0 Å². The maximum atomic E-state index is 11.5. The van der Waals surface area contributed by atoms with E-state index in [-0.39, 0.29) is 5.41 Å². The Hall–Kier alpha value is -0.910. The molecule has 0 bridgehead atoms. The van der Waals surface area contributed by atoms with Gasteiger partial charge in [0.2, 0.25) is 0 Å². The Bertz CT molecular complexity index is 485. The van der Waals surface area contributed by atoms with Crippen LogP contribution in [0.25, 0.3) is 0 Å². The standard InChI is InChI=1S/C13H22N2O2S/c1-13(2,3)12-8-6-11(7-9-12)10-14-18(16,17)15(4)5/h6-9,14H,10H2,1-5H3. The number of nitrogens with one attached hydrogen (secondary N) is 1. The van der Waals surface area contributed by atoms with E-state index in [4.69, 9.17) is 0 Å². The molecule has 5 heteroatoms. The fraction of sp³-hybridized carbons (Fsp3) is 0.538. The highest BCUT2D eigenvalue weighted by Gasteiger charge is 2.14. The molecule has 0 saturated heterocycles. The van der Waals surface area contributed by atoms with E-state index in [0.717, 1.165) is 9.87 Å². The van der Waals surface area contributed by atoms with Gasteiger partial charge in [-0.1, -0.05) is 45.0 Å². The highest BCUT2D eigenvalue weighted by Crippen LogP contribution is 2.22. The van der Waals surface area contributed by atoms with Gasteiger partial charge in [0.1, 0.15) is 0 Å².